The van der Waals surface area contributed by atoms with Crippen LogP contribution in [0.3, 0.4) is 0 Å². The second-order valence-electron chi connectivity index (χ2n) is 9.61. The molecule has 1 aromatic carbocycles. The molecule has 214 valence electrons. The summed E-state index contributed by atoms with van der Waals surface area (Å²) in [5, 5.41) is 35.6. The molecule has 4 aromatic rings. The van der Waals surface area contributed by atoms with E-state index in [2.05, 4.69) is 26.0 Å². The number of nitrogens with zero attached hydrogens (tertiary/aromatic N) is 5. The van der Waals surface area contributed by atoms with Gasteiger partial charge in [0.2, 0.25) is 5.28 Å². The molecule has 5 rings (SSSR count). The lowest BCUT2D eigenvalue weighted by molar-refractivity contribution is -0.156. The Hall–Kier alpha value is -3.93. The number of carbonyl (C=O) groups is 1. The summed E-state index contributed by atoms with van der Waals surface area (Å²) in [7, 11) is 0. The number of aliphatic carboxylic acids is 1. The van der Waals surface area contributed by atoms with E-state index in [4.69, 9.17) is 32.0 Å². The summed E-state index contributed by atoms with van der Waals surface area (Å²) < 4.78 is 31.1. The topological polar surface area (TPSA) is 166 Å². The minimum Gasteiger partial charge on any atom is -0.479 e. The second kappa shape index (κ2) is 11.5. The van der Waals surface area contributed by atoms with E-state index in [0.29, 0.717) is 35.5 Å². The molecule has 14 heteroatoms. The quantitative estimate of drug-likeness (QED) is 0.184. The molecule has 0 radical (unpaired) electrons. The highest BCUT2D eigenvalue weighted by Crippen LogP contribution is 2.39. The van der Waals surface area contributed by atoms with E-state index in [0.717, 1.165) is 5.56 Å². The largest absolute Gasteiger partial charge is 0.479 e. The fraction of sp³-hybridized carbons (Fsp3) is 0.370. The zero-order chi connectivity index (χ0) is 29.3. The maximum atomic E-state index is 13.3. The van der Waals surface area contributed by atoms with Crippen LogP contribution in [0.5, 0.6) is 0 Å². The standard InChI is InChI=1S/C27H25ClFN5O7/c1-3-27(38)20(12-39-19(25(36)37)11-17-10-14(2)41-33-17)40-24(22(27)35)34-13-30-21-18(31-26(28)32-23(21)34)9-6-15-4-7-16(29)8-5-15/h1,4-5,7-8,10,13,19-20,22,24,35,38H,6,9,11-12H2,2H3,(H,36,37)/t19?,20-,22+,24-,27-/m1/s1. The Balaban J connectivity index is 1.36. The number of halogens is 2. The number of carboxylic acid groups (broad SMARTS) is 1. The third-order valence-electron chi connectivity index (χ3n) is 6.85. The van der Waals surface area contributed by atoms with Crippen molar-refractivity contribution in [3.05, 3.63) is 70.5 Å². The van der Waals surface area contributed by atoms with Gasteiger partial charge in [-0.1, -0.05) is 23.2 Å². The molecular weight excluding hydrogens is 561 g/mol. The Labute approximate surface area is 237 Å². The van der Waals surface area contributed by atoms with Crippen LogP contribution in [-0.4, -0.2) is 76.5 Å². The van der Waals surface area contributed by atoms with Crippen molar-refractivity contribution < 1.29 is 38.5 Å². The lowest BCUT2D eigenvalue weighted by atomic mass is 9.93. The van der Waals surface area contributed by atoms with Crippen molar-refractivity contribution in [1.29, 1.82) is 0 Å². The van der Waals surface area contributed by atoms with Crippen LogP contribution in [0.25, 0.3) is 11.2 Å². The molecule has 0 spiro atoms. The highest BCUT2D eigenvalue weighted by Gasteiger charge is 2.56. The summed E-state index contributed by atoms with van der Waals surface area (Å²) in [5.41, 5.74) is 0.110. The van der Waals surface area contributed by atoms with E-state index in [9.17, 15) is 24.5 Å². The van der Waals surface area contributed by atoms with Gasteiger partial charge in [-0.15, -0.1) is 6.42 Å². The Morgan fingerprint density at radius 3 is 2.73 bits per heavy atom. The number of rotatable bonds is 10. The number of aliphatic hydroxyl groups excluding tert-OH is 1. The van der Waals surface area contributed by atoms with Gasteiger partial charge in [0.1, 0.15) is 29.3 Å². The number of fused-ring (bicyclic) bond motifs is 1. The van der Waals surface area contributed by atoms with Gasteiger partial charge in [0.15, 0.2) is 23.6 Å². The third-order valence-corrected chi connectivity index (χ3v) is 7.02. The van der Waals surface area contributed by atoms with Crippen LogP contribution in [0.15, 0.2) is 41.2 Å². The maximum Gasteiger partial charge on any atom is 0.333 e. The number of terminal acetylenes is 1. The number of aromatic nitrogens is 5. The van der Waals surface area contributed by atoms with Gasteiger partial charge >= 0.3 is 5.97 Å². The first-order chi connectivity index (χ1) is 19.6. The van der Waals surface area contributed by atoms with Crippen LogP contribution in [-0.2, 0) is 33.5 Å². The van der Waals surface area contributed by atoms with Crippen LogP contribution in [0.1, 0.15) is 28.9 Å². The lowest BCUT2D eigenvalue weighted by Crippen LogP contribution is -2.48. The van der Waals surface area contributed by atoms with Crippen LogP contribution in [0.2, 0.25) is 5.28 Å². The van der Waals surface area contributed by atoms with Gasteiger partial charge in [-0.2, -0.15) is 4.98 Å². The summed E-state index contributed by atoms with van der Waals surface area (Å²) in [6.45, 7) is 1.20. The number of hydrogen-bond donors (Lipinski definition) is 3. The Morgan fingerprint density at radius 2 is 2.07 bits per heavy atom. The molecule has 0 amide bonds. The van der Waals surface area contributed by atoms with Crippen molar-refractivity contribution in [1.82, 2.24) is 24.7 Å². The molecule has 41 heavy (non-hydrogen) atoms. The maximum absolute atomic E-state index is 13.3. The Morgan fingerprint density at radius 1 is 1.32 bits per heavy atom. The number of hydrogen-bond acceptors (Lipinski definition) is 10. The molecule has 1 aliphatic rings. The number of carboxylic acids is 1. The summed E-state index contributed by atoms with van der Waals surface area (Å²) in [4.78, 5) is 24.7. The number of benzene rings is 1. The van der Waals surface area contributed by atoms with Gasteiger partial charge in [-0.05, 0) is 49.1 Å². The van der Waals surface area contributed by atoms with Crippen LogP contribution in [0.4, 0.5) is 4.39 Å². The first-order valence-corrected chi connectivity index (χ1v) is 12.9. The van der Waals surface area contributed by atoms with Gasteiger partial charge in [0.25, 0.3) is 0 Å². The molecule has 3 aromatic heterocycles. The molecule has 1 aliphatic heterocycles. The molecule has 4 heterocycles. The highest BCUT2D eigenvalue weighted by molar-refractivity contribution is 6.28. The Bertz CT molecular complexity index is 1600. The average Bonchev–Trinajstić information content (AvgIpc) is 3.62. The number of aliphatic hydroxyl groups is 2. The van der Waals surface area contributed by atoms with Crippen LogP contribution in [0, 0.1) is 25.1 Å². The second-order valence-corrected chi connectivity index (χ2v) is 9.95. The van der Waals surface area contributed by atoms with E-state index in [1.165, 1.54) is 23.0 Å². The molecule has 0 bridgehead atoms. The predicted octanol–water partition coefficient (Wildman–Crippen LogP) is 2.04. The van der Waals surface area contributed by atoms with Gasteiger partial charge in [0, 0.05) is 12.5 Å². The molecule has 1 unspecified atom stereocenters. The average molecular weight is 586 g/mol. The summed E-state index contributed by atoms with van der Waals surface area (Å²) in [5.74, 6) is 1.05. The van der Waals surface area contributed by atoms with Gasteiger partial charge in [-0.25, -0.2) is 19.2 Å². The van der Waals surface area contributed by atoms with Gasteiger partial charge in [-0.3, -0.25) is 4.57 Å². The van der Waals surface area contributed by atoms with Crippen LogP contribution < -0.4 is 0 Å². The smallest absolute Gasteiger partial charge is 0.333 e. The molecule has 1 fully saturated rings. The normalized spacial score (nSPS) is 23.1. The highest BCUT2D eigenvalue weighted by atomic mass is 35.5. The summed E-state index contributed by atoms with van der Waals surface area (Å²) in [6.07, 6.45) is 2.14. The molecule has 0 aliphatic carbocycles. The minimum absolute atomic E-state index is 0.0830. The zero-order valence-corrected chi connectivity index (χ0v) is 22.4. The number of ether oxygens (including phenoxy) is 2. The van der Waals surface area contributed by atoms with Crippen molar-refractivity contribution in [2.24, 2.45) is 0 Å². The predicted molar refractivity (Wildman–Crippen MR) is 140 cm³/mol. The van der Waals surface area contributed by atoms with E-state index in [1.807, 2.05) is 0 Å². The monoisotopic (exact) mass is 585 g/mol. The van der Waals surface area contributed by atoms with Crippen molar-refractivity contribution in [2.75, 3.05) is 6.61 Å². The lowest BCUT2D eigenvalue weighted by Gasteiger charge is -2.26. The Kier molecular flexibility index (Phi) is 8.03. The summed E-state index contributed by atoms with van der Waals surface area (Å²) >= 11 is 6.21. The van der Waals surface area contributed by atoms with Crippen molar-refractivity contribution in [3.63, 3.8) is 0 Å². The first-order valence-electron chi connectivity index (χ1n) is 12.5. The van der Waals surface area contributed by atoms with E-state index in [1.54, 1.807) is 25.1 Å². The first kappa shape index (κ1) is 28.6. The molecule has 12 nitrogen and oxygen atoms in total. The third kappa shape index (κ3) is 5.79. The molecule has 1 saturated heterocycles. The van der Waals surface area contributed by atoms with Crippen molar-refractivity contribution in [3.8, 4) is 12.3 Å². The summed E-state index contributed by atoms with van der Waals surface area (Å²) in [6, 6.07) is 7.65. The van der Waals surface area contributed by atoms with Crippen molar-refractivity contribution >= 4 is 28.7 Å². The van der Waals surface area contributed by atoms with Gasteiger partial charge in [0.05, 0.1) is 24.3 Å². The fourth-order valence-corrected chi connectivity index (χ4v) is 4.84. The number of aryl methyl sites for hydroxylation is 3. The van der Waals surface area contributed by atoms with E-state index < -0.39 is 42.7 Å². The molecule has 0 saturated carbocycles. The van der Waals surface area contributed by atoms with E-state index >= 15 is 0 Å². The number of imidazole rings is 1. The fourth-order valence-electron chi connectivity index (χ4n) is 4.66. The molecular formula is C27H25ClFN5O7. The van der Waals surface area contributed by atoms with Gasteiger partial charge < -0.3 is 29.3 Å². The minimum atomic E-state index is -2.24. The SMILES string of the molecule is C#C[C@@]1(O)[C@@H](COC(Cc2cc(C)on2)C(=O)O)O[C@@H](n2cnc3c(CCc4ccc(F)cc4)nc(Cl)nc32)[C@@H]1O. The molecule has 5 atom stereocenters. The van der Waals surface area contributed by atoms with Crippen molar-refractivity contribution in [2.45, 2.75) is 56.3 Å². The molecule has 3 N–H and O–H groups in total. The van der Waals surface area contributed by atoms with E-state index in [-0.39, 0.29) is 23.2 Å². The zero-order valence-electron chi connectivity index (χ0n) is 21.6. The van der Waals surface area contributed by atoms with Crippen LogP contribution >= 0.6 is 11.6 Å².